The Morgan fingerprint density at radius 1 is 1.17 bits per heavy atom. The summed E-state index contributed by atoms with van der Waals surface area (Å²) < 4.78 is 19.7. The molecular weight excluding hydrogens is 423 g/mol. The van der Waals surface area contributed by atoms with Gasteiger partial charge in [-0.15, -0.1) is 11.3 Å². The molecule has 0 spiro atoms. The average Bonchev–Trinajstić information content (AvgIpc) is 3.09. The first-order valence-corrected chi connectivity index (χ1v) is 10.9. The number of halogens is 1. The summed E-state index contributed by atoms with van der Waals surface area (Å²) in [5, 5.41) is 0.895. The van der Waals surface area contributed by atoms with E-state index in [1.54, 1.807) is 12.1 Å². The number of nitrogens with zero attached hydrogens (tertiary/aromatic N) is 2. The molecule has 0 N–H and O–H groups in total. The molecule has 2 heterocycles. The van der Waals surface area contributed by atoms with Crippen molar-refractivity contribution in [3.05, 3.63) is 75.6 Å². The van der Waals surface area contributed by atoms with Crippen LogP contribution in [0.3, 0.4) is 0 Å². The molecule has 0 fully saturated rings. The number of rotatable bonds is 5. The van der Waals surface area contributed by atoms with Gasteiger partial charge in [0.15, 0.2) is 5.16 Å². The number of carbonyl (C=O) groups excluding carboxylic acids is 1. The standard InChI is InChI=1S/C22H17FN2O3S2/c1-13-18(14-8-10-15(23)11-9-14)19-20(30-13)24-22(29-12-17(26)28-2)25(21(19)27)16-6-4-3-5-7-16/h3-11H,12H2,1-2H3. The Bertz CT molecular complexity index is 1280. The van der Waals surface area contributed by atoms with Gasteiger partial charge in [-0.25, -0.2) is 9.37 Å². The molecule has 0 unspecified atom stereocenters. The molecule has 0 atom stereocenters. The lowest BCUT2D eigenvalue weighted by Crippen LogP contribution is -2.22. The summed E-state index contributed by atoms with van der Waals surface area (Å²) in [4.78, 5) is 31.5. The van der Waals surface area contributed by atoms with Crippen molar-refractivity contribution in [2.45, 2.75) is 12.1 Å². The molecule has 5 nitrogen and oxygen atoms in total. The van der Waals surface area contributed by atoms with Crippen molar-refractivity contribution in [1.29, 1.82) is 0 Å². The molecule has 0 bridgehead atoms. The molecular formula is C22H17FN2O3S2. The van der Waals surface area contributed by atoms with E-state index in [2.05, 4.69) is 0 Å². The number of benzene rings is 2. The number of methoxy groups -OCH3 is 1. The second kappa shape index (κ2) is 8.41. The van der Waals surface area contributed by atoms with Crippen LogP contribution in [0.25, 0.3) is 27.0 Å². The van der Waals surface area contributed by atoms with Crippen LogP contribution in [0.4, 0.5) is 4.39 Å². The Labute approximate surface area is 180 Å². The molecule has 0 radical (unpaired) electrons. The van der Waals surface area contributed by atoms with E-state index in [1.165, 1.54) is 35.1 Å². The first-order valence-electron chi connectivity index (χ1n) is 9.06. The number of thioether (sulfide) groups is 1. The number of carbonyl (C=O) groups is 1. The summed E-state index contributed by atoms with van der Waals surface area (Å²) in [7, 11) is 1.32. The summed E-state index contributed by atoms with van der Waals surface area (Å²) in [5.74, 6) is -0.697. The maximum absolute atomic E-state index is 13.7. The highest BCUT2D eigenvalue weighted by Crippen LogP contribution is 2.37. The van der Waals surface area contributed by atoms with Crippen LogP contribution in [0.2, 0.25) is 0 Å². The van der Waals surface area contributed by atoms with Gasteiger partial charge in [-0.3, -0.25) is 14.2 Å². The summed E-state index contributed by atoms with van der Waals surface area (Å²) in [6.07, 6.45) is 0. The molecule has 4 aromatic rings. The summed E-state index contributed by atoms with van der Waals surface area (Å²) >= 11 is 2.55. The second-order valence-corrected chi connectivity index (χ2v) is 8.60. The van der Waals surface area contributed by atoms with Gasteiger partial charge in [-0.1, -0.05) is 42.1 Å². The maximum Gasteiger partial charge on any atom is 0.316 e. The van der Waals surface area contributed by atoms with Crippen LogP contribution in [0.5, 0.6) is 0 Å². The SMILES string of the molecule is COC(=O)CSc1nc2sc(C)c(-c3ccc(F)cc3)c2c(=O)n1-c1ccccc1. The zero-order chi connectivity index (χ0) is 21.3. The Balaban J connectivity index is 1.98. The van der Waals surface area contributed by atoms with Gasteiger partial charge < -0.3 is 4.74 Å². The van der Waals surface area contributed by atoms with Crippen molar-refractivity contribution in [3.63, 3.8) is 0 Å². The summed E-state index contributed by atoms with van der Waals surface area (Å²) in [6, 6.07) is 15.2. The molecule has 2 aromatic carbocycles. The van der Waals surface area contributed by atoms with Gasteiger partial charge >= 0.3 is 5.97 Å². The highest BCUT2D eigenvalue weighted by atomic mass is 32.2. The van der Waals surface area contributed by atoms with E-state index < -0.39 is 5.97 Å². The fraction of sp³-hybridized carbons (Fsp3) is 0.136. The molecule has 4 rings (SSSR count). The first kappa shape index (κ1) is 20.3. The van der Waals surface area contributed by atoms with Crippen LogP contribution in [0.15, 0.2) is 64.5 Å². The number of ether oxygens (including phenoxy) is 1. The van der Waals surface area contributed by atoms with Crippen LogP contribution < -0.4 is 5.56 Å². The van der Waals surface area contributed by atoms with Gasteiger partial charge in [0, 0.05) is 10.4 Å². The Kier molecular flexibility index (Phi) is 5.69. The molecule has 0 aliphatic rings. The quantitative estimate of drug-likeness (QED) is 0.253. The van der Waals surface area contributed by atoms with Crippen molar-refractivity contribution < 1.29 is 13.9 Å². The topological polar surface area (TPSA) is 61.2 Å². The third kappa shape index (κ3) is 3.76. The highest BCUT2D eigenvalue weighted by molar-refractivity contribution is 7.99. The minimum absolute atomic E-state index is 0.0382. The van der Waals surface area contributed by atoms with Crippen LogP contribution >= 0.6 is 23.1 Å². The number of hydrogen-bond donors (Lipinski definition) is 0. The van der Waals surface area contributed by atoms with Gasteiger partial charge in [-0.2, -0.15) is 0 Å². The molecule has 152 valence electrons. The van der Waals surface area contributed by atoms with E-state index in [0.29, 0.717) is 21.1 Å². The third-order valence-corrected chi connectivity index (χ3v) is 6.48. The number of para-hydroxylation sites is 1. The molecule has 0 saturated carbocycles. The molecule has 0 amide bonds. The first-order chi connectivity index (χ1) is 14.5. The molecule has 30 heavy (non-hydrogen) atoms. The number of esters is 1. The van der Waals surface area contributed by atoms with E-state index in [-0.39, 0.29) is 17.1 Å². The molecule has 2 aromatic heterocycles. The minimum Gasteiger partial charge on any atom is -0.468 e. The third-order valence-electron chi connectivity index (χ3n) is 4.57. The predicted octanol–water partition coefficient (Wildman–Crippen LogP) is 4.83. The lowest BCUT2D eigenvalue weighted by atomic mass is 10.0. The van der Waals surface area contributed by atoms with E-state index in [9.17, 15) is 14.0 Å². The number of thiophene rings is 1. The Morgan fingerprint density at radius 3 is 2.53 bits per heavy atom. The number of fused-ring (bicyclic) bond motifs is 1. The fourth-order valence-electron chi connectivity index (χ4n) is 3.19. The van der Waals surface area contributed by atoms with Crippen LogP contribution in [-0.2, 0) is 9.53 Å². The average molecular weight is 441 g/mol. The van der Waals surface area contributed by atoms with Gasteiger partial charge in [0.1, 0.15) is 10.6 Å². The number of hydrogen-bond acceptors (Lipinski definition) is 6. The lowest BCUT2D eigenvalue weighted by Gasteiger charge is -2.12. The Hall–Kier alpha value is -2.97. The Morgan fingerprint density at radius 2 is 1.87 bits per heavy atom. The monoisotopic (exact) mass is 440 g/mol. The van der Waals surface area contributed by atoms with Gasteiger partial charge in [0.2, 0.25) is 0 Å². The second-order valence-electron chi connectivity index (χ2n) is 6.46. The van der Waals surface area contributed by atoms with E-state index in [4.69, 9.17) is 9.72 Å². The molecule has 0 aliphatic heterocycles. The van der Waals surface area contributed by atoms with Gasteiger partial charge in [0.05, 0.1) is 23.9 Å². The van der Waals surface area contributed by atoms with Gasteiger partial charge in [-0.05, 0) is 36.8 Å². The summed E-state index contributed by atoms with van der Waals surface area (Å²) in [6.45, 7) is 1.92. The smallest absolute Gasteiger partial charge is 0.316 e. The molecule has 8 heteroatoms. The highest BCUT2D eigenvalue weighted by Gasteiger charge is 2.21. The minimum atomic E-state index is -0.400. The zero-order valence-electron chi connectivity index (χ0n) is 16.2. The van der Waals surface area contributed by atoms with E-state index >= 15 is 0 Å². The van der Waals surface area contributed by atoms with Crippen molar-refractivity contribution in [3.8, 4) is 16.8 Å². The molecule has 0 saturated heterocycles. The zero-order valence-corrected chi connectivity index (χ0v) is 17.8. The predicted molar refractivity (Wildman–Crippen MR) is 118 cm³/mol. The van der Waals surface area contributed by atoms with E-state index in [1.807, 2.05) is 37.3 Å². The number of aromatic nitrogens is 2. The largest absolute Gasteiger partial charge is 0.468 e. The van der Waals surface area contributed by atoms with Crippen molar-refractivity contribution in [2.24, 2.45) is 0 Å². The van der Waals surface area contributed by atoms with Gasteiger partial charge in [0.25, 0.3) is 5.56 Å². The normalized spacial score (nSPS) is 11.0. The maximum atomic E-state index is 13.7. The van der Waals surface area contributed by atoms with Crippen molar-refractivity contribution >= 4 is 39.3 Å². The van der Waals surface area contributed by atoms with Crippen LogP contribution in [0, 0.1) is 12.7 Å². The lowest BCUT2D eigenvalue weighted by molar-refractivity contribution is -0.137. The molecule has 0 aliphatic carbocycles. The van der Waals surface area contributed by atoms with Crippen LogP contribution in [0.1, 0.15) is 4.88 Å². The van der Waals surface area contributed by atoms with Crippen molar-refractivity contribution in [2.75, 3.05) is 12.9 Å². The van der Waals surface area contributed by atoms with E-state index in [0.717, 1.165) is 27.8 Å². The number of aryl methyl sites for hydroxylation is 1. The van der Waals surface area contributed by atoms with Crippen molar-refractivity contribution in [1.82, 2.24) is 9.55 Å². The summed E-state index contributed by atoms with van der Waals surface area (Å²) in [5.41, 5.74) is 1.93. The fourth-order valence-corrected chi connectivity index (χ4v) is 5.12. The van der Waals surface area contributed by atoms with Crippen LogP contribution in [-0.4, -0.2) is 28.4 Å².